The highest BCUT2D eigenvalue weighted by atomic mass is 35.5. The van der Waals surface area contributed by atoms with Gasteiger partial charge in [0.1, 0.15) is 6.04 Å². The average Bonchev–Trinajstić information content (AvgIpc) is 3.15. The Bertz CT molecular complexity index is 1110. The highest BCUT2D eigenvalue weighted by Crippen LogP contribution is 2.36. The number of hydrogen-bond acceptors (Lipinski definition) is 4. The van der Waals surface area contributed by atoms with Crippen LogP contribution in [0.3, 0.4) is 0 Å². The fourth-order valence-corrected chi connectivity index (χ4v) is 3.99. The fourth-order valence-electron chi connectivity index (χ4n) is 3.08. The van der Waals surface area contributed by atoms with Gasteiger partial charge in [-0.3, -0.25) is 9.36 Å². The molecule has 3 rings (SSSR count). The summed E-state index contributed by atoms with van der Waals surface area (Å²) in [5.74, 6) is 0.0458. The van der Waals surface area contributed by atoms with E-state index in [4.69, 9.17) is 11.6 Å². The Kier molecular flexibility index (Phi) is 8.04. The summed E-state index contributed by atoms with van der Waals surface area (Å²) in [5.41, 5.74) is -0.291. The molecule has 6 nitrogen and oxygen atoms in total. The second kappa shape index (κ2) is 10.6. The topological polar surface area (TPSA) is 64.2 Å². The van der Waals surface area contributed by atoms with Crippen LogP contribution in [0.4, 0.5) is 18.9 Å². The molecule has 1 aromatic heterocycles. The minimum Gasteiger partial charge on any atom is -0.331 e. The molecule has 0 bridgehead atoms. The van der Waals surface area contributed by atoms with Crippen LogP contribution >= 0.6 is 23.4 Å². The van der Waals surface area contributed by atoms with Gasteiger partial charge in [-0.1, -0.05) is 53.7 Å². The van der Waals surface area contributed by atoms with E-state index in [1.807, 2.05) is 55.9 Å². The SMILES string of the molecule is C[C@@H](c1nnc(SCC(=O)Nc2ccc(Cl)cc2C(F)(F)F)n1Cc1ccccc1)[NH+](C)C. The van der Waals surface area contributed by atoms with Crippen LogP contribution in [0.15, 0.2) is 53.7 Å². The number of halogens is 4. The van der Waals surface area contributed by atoms with Crippen LogP contribution in [0.25, 0.3) is 0 Å². The summed E-state index contributed by atoms with van der Waals surface area (Å²) >= 11 is 6.82. The van der Waals surface area contributed by atoms with Gasteiger partial charge < -0.3 is 10.2 Å². The van der Waals surface area contributed by atoms with Crippen molar-refractivity contribution < 1.29 is 22.9 Å². The molecule has 0 fully saturated rings. The normalized spacial score (nSPS) is 12.7. The van der Waals surface area contributed by atoms with Gasteiger partial charge in [0.2, 0.25) is 5.91 Å². The number of alkyl halides is 3. The predicted octanol–water partition coefficient (Wildman–Crippen LogP) is 3.93. The van der Waals surface area contributed by atoms with Crippen molar-refractivity contribution in [2.24, 2.45) is 0 Å². The Balaban J connectivity index is 1.78. The van der Waals surface area contributed by atoms with Gasteiger partial charge in [-0.05, 0) is 30.7 Å². The second-order valence-corrected chi connectivity index (χ2v) is 9.12. The molecule has 0 aliphatic heterocycles. The maximum atomic E-state index is 13.3. The smallest absolute Gasteiger partial charge is 0.331 e. The number of quaternary nitrogens is 1. The number of aromatic nitrogens is 3. The molecule has 0 aliphatic rings. The molecule has 1 amide bonds. The Hall–Kier alpha value is -2.56. The first-order valence-electron chi connectivity index (χ1n) is 10.1. The lowest BCUT2D eigenvalue weighted by atomic mass is 10.1. The molecule has 0 aliphatic carbocycles. The van der Waals surface area contributed by atoms with Gasteiger partial charge in [0.15, 0.2) is 11.0 Å². The van der Waals surface area contributed by atoms with Crippen LogP contribution in [0, 0.1) is 0 Å². The zero-order valence-corrected chi connectivity index (χ0v) is 19.9. The molecule has 0 unspecified atom stereocenters. The Morgan fingerprint density at radius 2 is 1.88 bits per heavy atom. The average molecular weight is 499 g/mol. The van der Waals surface area contributed by atoms with E-state index < -0.39 is 17.6 Å². The van der Waals surface area contributed by atoms with E-state index in [1.165, 1.54) is 6.07 Å². The van der Waals surface area contributed by atoms with Gasteiger partial charge >= 0.3 is 6.18 Å². The molecule has 0 saturated carbocycles. The summed E-state index contributed by atoms with van der Waals surface area (Å²) in [4.78, 5) is 13.6. The zero-order chi connectivity index (χ0) is 24.2. The van der Waals surface area contributed by atoms with E-state index >= 15 is 0 Å². The third-order valence-corrected chi connectivity index (χ3v) is 6.28. The van der Waals surface area contributed by atoms with Gasteiger partial charge in [0, 0.05) is 5.02 Å². The highest BCUT2D eigenvalue weighted by molar-refractivity contribution is 7.99. The van der Waals surface area contributed by atoms with E-state index in [-0.39, 0.29) is 22.5 Å². The molecule has 33 heavy (non-hydrogen) atoms. The minimum absolute atomic E-state index is 0.0489. The predicted molar refractivity (Wildman–Crippen MR) is 123 cm³/mol. The molecule has 3 aromatic rings. The largest absolute Gasteiger partial charge is 0.418 e. The van der Waals surface area contributed by atoms with Gasteiger partial charge in [0.05, 0.1) is 37.6 Å². The van der Waals surface area contributed by atoms with Gasteiger partial charge in [-0.25, -0.2) is 0 Å². The van der Waals surface area contributed by atoms with Crippen LogP contribution in [0.5, 0.6) is 0 Å². The summed E-state index contributed by atoms with van der Waals surface area (Å²) in [6.45, 7) is 2.54. The zero-order valence-electron chi connectivity index (χ0n) is 18.3. The van der Waals surface area contributed by atoms with Crippen LogP contribution in [-0.4, -0.2) is 40.5 Å². The number of benzene rings is 2. The summed E-state index contributed by atoms with van der Waals surface area (Å²) in [7, 11) is 4.02. The van der Waals surface area contributed by atoms with Crippen molar-refractivity contribution in [1.82, 2.24) is 14.8 Å². The number of nitrogens with zero attached hydrogens (tertiary/aromatic N) is 3. The lowest BCUT2D eigenvalue weighted by Gasteiger charge is -2.18. The van der Waals surface area contributed by atoms with E-state index in [0.717, 1.165) is 40.2 Å². The number of nitrogens with one attached hydrogen (secondary N) is 2. The highest BCUT2D eigenvalue weighted by Gasteiger charge is 2.34. The molecule has 11 heteroatoms. The lowest BCUT2D eigenvalue weighted by molar-refractivity contribution is -0.890. The first-order chi connectivity index (χ1) is 15.6. The molecule has 1 atom stereocenters. The van der Waals surface area contributed by atoms with Crippen LogP contribution in [-0.2, 0) is 17.5 Å². The van der Waals surface area contributed by atoms with Crippen molar-refractivity contribution in [3.8, 4) is 0 Å². The third kappa shape index (κ3) is 6.49. The summed E-state index contributed by atoms with van der Waals surface area (Å²) in [5, 5.41) is 11.4. The number of carbonyl (C=O) groups excluding carboxylic acids is 1. The molecular weight excluding hydrogens is 475 g/mol. The Morgan fingerprint density at radius 3 is 2.52 bits per heavy atom. The summed E-state index contributed by atoms with van der Waals surface area (Å²) in [6, 6.07) is 13.0. The second-order valence-electron chi connectivity index (χ2n) is 7.74. The van der Waals surface area contributed by atoms with Crippen molar-refractivity contribution in [1.29, 1.82) is 0 Å². The molecule has 0 spiro atoms. The Morgan fingerprint density at radius 1 is 1.18 bits per heavy atom. The van der Waals surface area contributed by atoms with Crippen molar-refractivity contribution in [3.05, 3.63) is 70.5 Å². The molecule has 1 heterocycles. The molecule has 2 N–H and O–H groups in total. The van der Waals surface area contributed by atoms with Crippen LogP contribution < -0.4 is 10.2 Å². The summed E-state index contributed by atoms with van der Waals surface area (Å²) in [6.07, 6.45) is -4.64. The maximum Gasteiger partial charge on any atom is 0.418 e. The van der Waals surface area contributed by atoms with Gasteiger partial charge in [0.25, 0.3) is 0 Å². The van der Waals surface area contributed by atoms with E-state index in [1.54, 1.807) is 0 Å². The van der Waals surface area contributed by atoms with E-state index in [2.05, 4.69) is 15.5 Å². The van der Waals surface area contributed by atoms with Crippen LogP contribution in [0.2, 0.25) is 5.02 Å². The van der Waals surface area contributed by atoms with Crippen molar-refractivity contribution in [3.63, 3.8) is 0 Å². The monoisotopic (exact) mass is 498 g/mol. The maximum absolute atomic E-state index is 13.3. The van der Waals surface area contributed by atoms with Crippen molar-refractivity contribution >= 4 is 35.0 Å². The number of anilines is 1. The van der Waals surface area contributed by atoms with Crippen molar-refractivity contribution in [2.75, 3.05) is 25.2 Å². The minimum atomic E-state index is -4.64. The number of hydrogen-bond donors (Lipinski definition) is 2. The molecule has 0 saturated heterocycles. The van der Waals surface area contributed by atoms with E-state index in [9.17, 15) is 18.0 Å². The number of thioether (sulfide) groups is 1. The first kappa shape index (κ1) is 25.1. The molecule has 176 valence electrons. The molecule has 0 radical (unpaired) electrons. The molecular formula is C22H24ClF3N5OS+. The number of rotatable bonds is 8. The van der Waals surface area contributed by atoms with Crippen molar-refractivity contribution in [2.45, 2.75) is 30.8 Å². The van der Waals surface area contributed by atoms with E-state index in [0.29, 0.717) is 11.7 Å². The van der Waals surface area contributed by atoms with Gasteiger partial charge in [-0.2, -0.15) is 13.2 Å². The Labute approximate surface area is 199 Å². The fraction of sp³-hybridized carbons (Fsp3) is 0.318. The standard InChI is InChI=1S/C22H23ClF3N5OS/c1-14(30(2)3)20-28-29-21(31(20)12-15-7-5-4-6-8-15)33-13-19(32)27-18-10-9-16(23)11-17(18)22(24,25)26/h4-11,14H,12-13H2,1-3H3,(H,27,32)/p+1/t14-/m0/s1. The quantitative estimate of drug-likeness (QED) is 0.462. The third-order valence-electron chi connectivity index (χ3n) is 5.08. The number of amides is 1. The summed E-state index contributed by atoms with van der Waals surface area (Å²) < 4.78 is 41.8. The van der Waals surface area contributed by atoms with Crippen LogP contribution in [0.1, 0.15) is 29.9 Å². The van der Waals surface area contributed by atoms with Gasteiger partial charge in [-0.15, -0.1) is 10.2 Å². The first-order valence-corrected chi connectivity index (χ1v) is 11.5. The number of carbonyl (C=O) groups is 1. The molecule has 2 aromatic carbocycles. The lowest BCUT2D eigenvalue weighted by Crippen LogP contribution is -3.05.